The molecule has 0 aliphatic heterocycles. The molecule has 0 bridgehead atoms. The SMILES string of the molecule is C=Cc1ccc(C[n+]2cccc3ccc4c(ccc[n+]4Cc4ccccc4)c32)cc1. The van der Waals surface area contributed by atoms with Gasteiger partial charge >= 0.3 is 0 Å². The third-order valence-corrected chi connectivity index (χ3v) is 5.66. The molecule has 30 heavy (non-hydrogen) atoms. The average Bonchev–Trinajstić information content (AvgIpc) is 2.80. The molecule has 0 N–H and O–H groups in total. The number of hydrogen-bond donors (Lipinski definition) is 0. The van der Waals surface area contributed by atoms with Gasteiger partial charge in [-0.3, -0.25) is 0 Å². The first-order valence-electron chi connectivity index (χ1n) is 10.3. The molecule has 0 radical (unpaired) electrons. The average molecular weight is 389 g/mol. The quantitative estimate of drug-likeness (QED) is 0.285. The Kier molecular flexibility index (Phi) is 4.82. The molecule has 144 valence electrons. The van der Waals surface area contributed by atoms with Crippen molar-refractivity contribution in [3.05, 3.63) is 127 Å². The summed E-state index contributed by atoms with van der Waals surface area (Å²) in [6.45, 7) is 5.55. The van der Waals surface area contributed by atoms with Gasteiger partial charge in [-0.15, -0.1) is 0 Å². The second kappa shape index (κ2) is 7.92. The van der Waals surface area contributed by atoms with Crippen LogP contribution in [0.3, 0.4) is 0 Å². The van der Waals surface area contributed by atoms with Crippen molar-refractivity contribution in [3.63, 3.8) is 0 Å². The lowest BCUT2D eigenvalue weighted by Gasteiger charge is -2.06. The van der Waals surface area contributed by atoms with Gasteiger partial charge in [0.05, 0.1) is 0 Å². The Labute approximate surface area is 177 Å². The zero-order valence-corrected chi connectivity index (χ0v) is 16.9. The molecule has 0 aliphatic rings. The molecule has 0 saturated carbocycles. The monoisotopic (exact) mass is 388 g/mol. The molecular weight excluding hydrogens is 364 g/mol. The summed E-state index contributed by atoms with van der Waals surface area (Å²) in [5, 5.41) is 2.53. The molecule has 2 heteroatoms. The fourth-order valence-corrected chi connectivity index (χ4v) is 4.14. The van der Waals surface area contributed by atoms with Crippen LogP contribution in [-0.4, -0.2) is 0 Å². The highest BCUT2D eigenvalue weighted by molar-refractivity contribution is 6.00. The maximum Gasteiger partial charge on any atom is 0.226 e. The molecule has 5 rings (SSSR count). The van der Waals surface area contributed by atoms with E-state index < -0.39 is 0 Å². The summed E-state index contributed by atoms with van der Waals surface area (Å²) in [5.74, 6) is 0. The molecule has 0 atom stereocenters. The van der Waals surface area contributed by atoms with Gasteiger partial charge in [0, 0.05) is 34.7 Å². The Morgan fingerprint density at radius 3 is 2.13 bits per heavy atom. The fraction of sp³-hybridized carbons (Fsp3) is 0.0714. The van der Waals surface area contributed by atoms with E-state index in [4.69, 9.17) is 0 Å². The molecule has 0 aliphatic carbocycles. The predicted octanol–water partition coefficient (Wildman–Crippen LogP) is 5.31. The summed E-state index contributed by atoms with van der Waals surface area (Å²) in [5.41, 5.74) is 6.25. The van der Waals surface area contributed by atoms with Gasteiger partial charge in [0.2, 0.25) is 11.0 Å². The van der Waals surface area contributed by atoms with Crippen molar-refractivity contribution in [3.8, 4) is 0 Å². The van der Waals surface area contributed by atoms with Crippen LogP contribution in [0.25, 0.3) is 27.9 Å². The second-order valence-electron chi connectivity index (χ2n) is 7.64. The Bertz CT molecular complexity index is 1340. The zero-order valence-electron chi connectivity index (χ0n) is 16.9. The lowest BCUT2D eigenvalue weighted by Crippen LogP contribution is -2.37. The van der Waals surface area contributed by atoms with Crippen molar-refractivity contribution in [1.29, 1.82) is 0 Å². The second-order valence-corrected chi connectivity index (χ2v) is 7.64. The maximum absolute atomic E-state index is 3.85. The summed E-state index contributed by atoms with van der Waals surface area (Å²) in [7, 11) is 0. The molecule has 0 fully saturated rings. The minimum Gasteiger partial charge on any atom is -0.194 e. The molecule has 3 aromatic carbocycles. The normalized spacial score (nSPS) is 11.1. The number of benzene rings is 3. The number of pyridine rings is 2. The van der Waals surface area contributed by atoms with Crippen LogP contribution in [0.1, 0.15) is 16.7 Å². The van der Waals surface area contributed by atoms with Crippen LogP contribution in [0.2, 0.25) is 0 Å². The minimum atomic E-state index is 0.835. The van der Waals surface area contributed by atoms with Crippen LogP contribution < -0.4 is 9.13 Å². The van der Waals surface area contributed by atoms with E-state index in [1.165, 1.54) is 32.9 Å². The van der Waals surface area contributed by atoms with Crippen LogP contribution in [0.5, 0.6) is 0 Å². The lowest BCUT2D eigenvalue weighted by molar-refractivity contribution is -0.665. The van der Waals surface area contributed by atoms with E-state index in [0.29, 0.717) is 0 Å². The number of rotatable bonds is 5. The van der Waals surface area contributed by atoms with Crippen LogP contribution in [0.15, 0.2) is 110 Å². The Morgan fingerprint density at radius 1 is 0.633 bits per heavy atom. The molecule has 2 heterocycles. The fourth-order valence-electron chi connectivity index (χ4n) is 4.14. The summed E-state index contributed by atoms with van der Waals surface area (Å²) in [6, 6.07) is 32.4. The first-order valence-corrected chi connectivity index (χ1v) is 10.3. The van der Waals surface area contributed by atoms with Gasteiger partial charge < -0.3 is 0 Å². The van der Waals surface area contributed by atoms with Crippen LogP contribution in [0.4, 0.5) is 0 Å². The number of nitrogens with zero attached hydrogens (tertiary/aromatic N) is 2. The Hall–Kier alpha value is -3.78. The molecule has 2 aromatic heterocycles. The standard InChI is InChI=1S/C28H24N2/c1-2-22-12-14-24(15-13-22)21-30-19-6-10-25-16-17-27-26(28(25)30)11-7-18-29(27)20-23-8-4-3-5-9-23/h2-19H,1,20-21H2/q+2. The topological polar surface area (TPSA) is 7.76 Å². The highest BCUT2D eigenvalue weighted by Gasteiger charge is 2.18. The highest BCUT2D eigenvalue weighted by atomic mass is 15.0. The van der Waals surface area contributed by atoms with Crippen molar-refractivity contribution in [2.45, 2.75) is 13.1 Å². The number of fused-ring (bicyclic) bond motifs is 3. The van der Waals surface area contributed by atoms with Gasteiger partial charge in [-0.1, -0.05) is 67.3 Å². The van der Waals surface area contributed by atoms with Crippen LogP contribution in [0, 0.1) is 0 Å². The Balaban J connectivity index is 1.63. The van der Waals surface area contributed by atoms with E-state index in [1.807, 2.05) is 6.08 Å². The van der Waals surface area contributed by atoms with E-state index >= 15 is 0 Å². The highest BCUT2D eigenvalue weighted by Crippen LogP contribution is 2.21. The molecule has 0 amide bonds. The summed E-state index contributed by atoms with van der Waals surface area (Å²) in [4.78, 5) is 0. The van der Waals surface area contributed by atoms with Gasteiger partial charge in [0.1, 0.15) is 5.39 Å². The largest absolute Gasteiger partial charge is 0.226 e. The van der Waals surface area contributed by atoms with Gasteiger partial charge in [0.25, 0.3) is 0 Å². The van der Waals surface area contributed by atoms with Gasteiger partial charge in [-0.2, -0.15) is 9.13 Å². The molecule has 5 aromatic rings. The van der Waals surface area contributed by atoms with Crippen molar-refractivity contribution in [2.24, 2.45) is 0 Å². The van der Waals surface area contributed by atoms with Gasteiger partial charge in [0.15, 0.2) is 25.5 Å². The smallest absolute Gasteiger partial charge is 0.194 e. The number of aromatic nitrogens is 2. The van der Waals surface area contributed by atoms with Crippen molar-refractivity contribution >= 4 is 27.9 Å². The lowest BCUT2D eigenvalue weighted by atomic mass is 10.1. The van der Waals surface area contributed by atoms with E-state index in [9.17, 15) is 0 Å². The van der Waals surface area contributed by atoms with Gasteiger partial charge in [-0.25, -0.2) is 0 Å². The third kappa shape index (κ3) is 3.48. The molecule has 0 spiro atoms. The van der Waals surface area contributed by atoms with E-state index in [0.717, 1.165) is 18.7 Å². The molecule has 2 nitrogen and oxygen atoms in total. The van der Waals surface area contributed by atoms with E-state index in [2.05, 4.69) is 119 Å². The molecule has 0 unspecified atom stereocenters. The van der Waals surface area contributed by atoms with Gasteiger partial charge in [-0.05, 0) is 23.8 Å². The predicted molar refractivity (Wildman–Crippen MR) is 123 cm³/mol. The zero-order chi connectivity index (χ0) is 20.3. The molecular formula is C28H24N2+2. The van der Waals surface area contributed by atoms with Crippen molar-refractivity contribution in [1.82, 2.24) is 0 Å². The van der Waals surface area contributed by atoms with E-state index in [1.54, 1.807) is 0 Å². The minimum absolute atomic E-state index is 0.835. The Morgan fingerprint density at radius 2 is 1.33 bits per heavy atom. The summed E-state index contributed by atoms with van der Waals surface area (Å²) in [6.07, 6.45) is 6.23. The summed E-state index contributed by atoms with van der Waals surface area (Å²) < 4.78 is 4.69. The third-order valence-electron chi connectivity index (χ3n) is 5.66. The summed E-state index contributed by atoms with van der Waals surface area (Å²) >= 11 is 0. The first-order chi connectivity index (χ1) is 14.8. The van der Waals surface area contributed by atoms with Crippen LogP contribution in [-0.2, 0) is 13.1 Å². The number of hydrogen-bond acceptors (Lipinski definition) is 0. The first kappa shape index (κ1) is 18.3. The molecule has 0 saturated heterocycles. The van der Waals surface area contributed by atoms with Crippen LogP contribution >= 0.6 is 0 Å². The maximum atomic E-state index is 3.85. The van der Waals surface area contributed by atoms with E-state index in [-0.39, 0.29) is 0 Å². The van der Waals surface area contributed by atoms with Crippen molar-refractivity contribution < 1.29 is 9.13 Å². The van der Waals surface area contributed by atoms with Crippen molar-refractivity contribution in [2.75, 3.05) is 0 Å².